The van der Waals surface area contributed by atoms with Crippen LogP contribution >= 0.6 is 0 Å². The van der Waals surface area contributed by atoms with Crippen LogP contribution in [0.1, 0.15) is 29.5 Å². The van der Waals surface area contributed by atoms with Gasteiger partial charge in [0, 0.05) is 35.3 Å². The van der Waals surface area contributed by atoms with Crippen molar-refractivity contribution in [1.29, 1.82) is 0 Å². The van der Waals surface area contributed by atoms with Gasteiger partial charge < -0.3 is 5.11 Å². The molecule has 2 aliphatic heterocycles. The van der Waals surface area contributed by atoms with Crippen molar-refractivity contribution < 1.29 is 44.9 Å². The summed E-state index contributed by atoms with van der Waals surface area (Å²) in [6.45, 7) is 0. The zero-order chi connectivity index (χ0) is 25.3. The number of allylic oxidation sites excluding steroid dienone is 1. The summed E-state index contributed by atoms with van der Waals surface area (Å²) in [4.78, 5) is 4.02. The number of fused-ring (bicyclic) bond motifs is 1. The number of halogens is 8. The van der Waals surface area contributed by atoms with Gasteiger partial charge in [-0.25, -0.2) is 13.2 Å². The van der Waals surface area contributed by atoms with Gasteiger partial charge in [0.25, 0.3) is 0 Å². The molecule has 1 fully saturated rings. The molecule has 2 aromatic carbocycles. The molecule has 1 N–H and O–H groups in total. The van der Waals surface area contributed by atoms with E-state index in [0.29, 0.717) is 30.7 Å². The number of azo groups is 2. The molecule has 4 nitrogen and oxygen atoms in total. The minimum absolute atomic E-state index is 0.0867. The van der Waals surface area contributed by atoms with Crippen molar-refractivity contribution in [2.75, 3.05) is 0 Å². The average molecular weight is 500 g/mol. The molecule has 2 aromatic rings. The fraction of sp³-hybridized carbons (Fsp3) is 0.261. The topological polar surface area (TPSA) is 48.0 Å². The van der Waals surface area contributed by atoms with E-state index in [1.165, 1.54) is 10.8 Å². The second kappa shape index (κ2) is 7.72. The van der Waals surface area contributed by atoms with E-state index in [4.69, 9.17) is 0 Å². The monoisotopic (exact) mass is 500 g/mol. The van der Waals surface area contributed by atoms with Crippen LogP contribution in [0.4, 0.5) is 35.1 Å². The maximum Gasteiger partial charge on any atom is 0.458 e. The van der Waals surface area contributed by atoms with Gasteiger partial charge in [-0.05, 0) is 36.0 Å². The number of hydrogen-bond acceptors (Lipinski definition) is 3. The van der Waals surface area contributed by atoms with Crippen molar-refractivity contribution in [2.24, 2.45) is 16.0 Å². The van der Waals surface area contributed by atoms with Gasteiger partial charge in [-0.1, -0.05) is 5.11 Å². The van der Waals surface area contributed by atoms with E-state index in [2.05, 4.69) is 10.1 Å². The number of phenolic OH excluding ortho intramolecular Hbond substituents is 1. The first-order valence-electron chi connectivity index (χ1n) is 10.3. The number of nitrogens with zero attached hydrogens (tertiary/aromatic N) is 3. The lowest BCUT2D eigenvalue weighted by molar-refractivity contribution is -0.479. The van der Waals surface area contributed by atoms with Crippen molar-refractivity contribution >= 4 is 17.6 Å². The van der Waals surface area contributed by atoms with Crippen molar-refractivity contribution in [3.63, 3.8) is 0 Å². The van der Waals surface area contributed by atoms with Gasteiger partial charge in [-0.3, -0.25) is 0 Å². The lowest BCUT2D eigenvalue weighted by Gasteiger charge is -2.21. The van der Waals surface area contributed by atoms with Crippen LogP contribution in [0.3, 0.4) is 0 Å². The van der Waals surface area contributed by atoms with Gasteiger partial charge in [-0.2, -0.15) is 22.0 Å². The minimum atomic E-state index is -6.03. The molecule has 35 heavy (non-hydrogen) atoms. The number of alkyl halides is 5. The molecule has 3 aliphatic rings. The molecule has 182 valence electrons. The predicted octanol–water partition coefficient (Wildman–Crippen LogP) is 6.51. The summed E-state index contributed by atoms with van der Waals surface area (Å²) in [7, 11) is 0. The quantitative estimate of drug-likeness (QED) is 0.378. The third-order valence-corrected chi connectivity index (χ3v) is 5.93. The summed E-state index contributed by atoms with van der Waals surface area (Å²) in [5, 5.41) is 13.9. The number of aliphatic imine (C=N–C) groups is 1. The van der Waals surface area contributed by atoms with E-state index in [1.54, 1.807) is 0 Å². The largest absolute Gasteiger partial charge is 0.508 e. The number of aromatic hydroxyl groups is 1. The Hall–Kier alpha value is -3.57. The minimum Gasteiger partial charge on any atom is -0.508 e. The Labute approximate surface area is 192 Å². The first-order chi connectivity index (χ1) is 16.4. The molecule has 0 radical (unpaired) electrons. The lowest BCUT2D eigenvalue weighted by atomic mass is 9.92. The molecule has 5 rings (SSSR count). The van der Waals surface area contributed by atoms with Crippen molar-refractivity contribution in [3.05, 3.63) is 76.2 Å². The third-order valence-electron chi connectivity index (χ3n) is 5.93. The lowest BCUT2D eigenvalue weighted by Crippen LogP contribution is -2.34. The summed E-state index contributed by atoms with van der Waals surface area (Å²) in [6, 6.07) is 2.28. The second-order valence-electron chi connectivity index (χ2n) is 8.35. The van der Waals surface area contributed by atoms with Gasteiger partial charge in [0.15, 0.2) is 11.7 Å². The van der Waals surface area contributed by atoms with E-state index >= 15 is 0 Å². The molecule has 1 atom stereocenters. The Morgan fingerprint density at radius 2 is 1.57 bits per heavy atom. The highest BCUT2D eigenvalue weighted by atomic mass is 19.4. The Balaban J connectivity index is 1.62. The van der Waals surface area contributed by atoms with Gasteiger partial charge >= 0.3 is 18.4 Å². The van der Waals surface area contributed by atoms with Gasteiger partial charge in [0.05, 0.1) is 16.8 Å². The van der Waals surface area contributed by atoms with Gasteiger partial charge in [0.1, 0.15) is 23.2 Å². The Kier molecular flexibility index (Phi) is 5.11. The van der Waals surface area contributed by atoms with E-state index in [0.717, 1.165) is 24.5 Å². The summed E-state index contributed by atoms with van der Waals surface area (Å²) >= 11 is 0. The molecule has 0 aromatic heterocycles. The fourth-order valence-corrected chi connectivity index (χ4v) is 4.10. The standard InChI is InChI=1S/C23H13F8N3O/c24-14-4-3-11(5-13(14)22(27,28)23(29,30)31)17-8-18-20(19-15(25)6-12(35)7-16(19)26)21(10-1-2-10)33-34(18)9-32-17/h3-10,18H,1-2H2/p+1. The van der Waals surface area contributed by atoms with E-state index in [-0.39, 0.29) is 22.8 Å². The Morgan fingerprint density at radius 1 is 0.914 bits per heavy atom. The first kappa shape index (κ1) is 23.2. The summed E-state index contributed by atoms with van der Waals surface area (Å²) < 4.78 is 111. The molecule has 1 aliphatic carbocycles. The van der Waals surface area contributed by atoms with Crippen molar-refractivity contribution in [1.82, 2.24) is 0 Å². The number of hydrogen-bond donors (Lipinski definition) is 1. The number of rotatable bonds is 4. The smallest absolute Gasteiger partial charge is 0.458 e. The molecule has 12 heteroatoms. The highest BCUT2D eigenvalue weighted by Crippen LogP contribution is 2.48. The molecule has 1 saturated carbocycles. The zero-order valence-electron chi connectivity index (χ0n) is 17.4. The Morgan fingerprint density at radius 3 is 2.17 bits per heavy atom. The molecule has 2 heterocycles. The zero-order valence-corrected chi connectivity index (χ0v) is 17.4. The van der Waals surface area contributed by atoms with Crippen LogP contribution in [0.2, 0.25) is 0 Å². The normalized spacial score (nSPS) is 20.2. The fourth-order valence-electron chi connectivity index (χ4n) is 4.10. The maximum atomic E-state index is 14.8. The van der Waals surface area contributed by atoms with E-state index < -0.39 is 52.5 Å². The second-order valence-corrected chi connectivity index (χ2v) is 8.35. The summed E-state index contributed by atoms with van der Waals surface area (Å²) in [6.07, 6.45) is -2.16. The Bertz CT molecular complexity index is 1350. The molecule has 0 bridgehead atoms. The van der Waals surface area contributed by atoms with E-state index in [1.807, 2.05) is 0 Å². The molecule has 1 unspecified atom stereocenters. The third kappa shape index (κ3) is 3.80. The van der Waals surface area contributed by atoms with E-state index in [9.17, 15) is 40.2 Å². The SMILES string of the molecule is Oc1cc(F)c(C2=C(C3CC3)N=[N+]3C=NC(c4ccc(F)c(C(F)(F)C(F)(F)F)c4)=CC23)c(F)c1. The van der Waals surface area contributed by atoms with Crippen LogP contribution in [0.15, 0.2) is 52.2 Å². The molecule has 0 amide bonds. The number of phenols is 1. The summed E-state index contributed by atoms with van der Waals surface area (Å²) in [5.74, 6) is -10.0. The highest BCUT2D eigenvalue weighted by molar-refractivity contribution is 5.82. The predicted molar refractivity (Wildman–Crippen MR) is 107 cm³/mol. The van der Waals surface area contributed by atoms with Crippen LogP contribution in [0.5, 0.6) is 5.75 Å². The van der Waals surface area contributed by atoms with Crippen LogP contribution < -0.4 is 0 Å². The molecular formula is C23H14F8N3O+. The van der Waals surface area contributed by atoms with Crippen molar-refractivity contribution in [3.8, 4) is 5.75 Å². The van der Waals surface area contributed by atoms with Gasteiger partial charge in [-0.15, -0.1) is 4.70 Å². The first-order valence-corrected chi connectivity index (χ1v) is 10.3. The van der Waals surface area contributed by atoms with Crippen LogP contribution in [-0.4, -0.2) is 28.4 Å². The van der Waals surface area contributed by atoms with Crippen LogP contribution in [0, 0.1) is 23.4 Å². The molecule has 0 saturated heterocycles. The number of benzene rings is 2. The molecular weight excluding hydrogens is 486 g/mol. The van der Waals surface area contributed by atoms with Gasteiger partial charge in [0.2, 0.25) is 0 Å². The van der Waals surface area contributed by atoms with Crippen LogP contribution in [-0.2, 0) is 5.92 Å². The van der Waals surface area contributed by atoms with Crippen molar-refractivity contribution in [2.45, 2.75) is 31.0 Å². The highest BCUT2D eigenvalue weighted by Gasteiger charge is 2.60. The summed E-state index contributed by atoms with van der Waals surface area (Å²) in [5.41, 5.74) is -2.20. The maximum absolute atomic E-state index is 14.8. The average Bonchev–Trinajstić information content (AvgIpc) is 3.54. The molecule has 0 spiro atoms. The van der Waals surface area contributed by atoms with Crippen LogP contribution in [0.25, 0.3) is 11.3 Å².